The second kappa shape index (κ2) is 7.64. The molecule has 1 N–H and O–H groups in total. The van der Waals surface area contributed by atoms with Crippen LogP contribution >= 0.6 is 0 Å². The molecule has 1 aliphatic carbocycles. The zero-order chi connectivity index (χ0) is 19.0. The van der Waals surface area contributed by atoms with Crippen molar-refractivity contribution >= 4 is 11.5 Å². The molecule has 0 aromatic heterocycles. The van der Waals surface area contributed by atoms with Gasteiger partial charge in [-0.15, -0.1) is 0 Å². The fourth-order valence-electron chi connectivity index (χ4n) is 4.56. The first-order valence-corrected chi connectivity index (χ1v) is 10.2. The van der Waals surface area contributed by atoms with Crippen molar-refractivity contribution in [3.8, 4) is 5.75 Å². The standard InChI is InChI=1S/C22H30N2O3/c1-15(25)22(26)23-12-9-18(10-13-23)24-11-8-17(14-24)19-4-3-5-20(27-2)21(19)16-6-7-16/h3-5,8,15-16,18,25H,6-7,9-14H2,1-2H3. The lowest BCUT2D eigenvalue weighted by molar-refractivity contribution is -0.140. The normalized spacial score (nSPS) is 22.6. The van der Waals surface area contributed by atoms with E-state index in [2.05, 4.69) is 29.2 Å². The van der Waals surface area contributed by atoms with E-state index in [1.54, 1.807) is 18.9 Å². The van der Waals surface area contributed by atoms with Gasteiger partial charge < -0.3 is 14.7 Å². The van der Waals surface area contributed by atoms with Gasteiger partial charge in [0.15, 0.2) is 0 Å². The van der Waals surface area contributed by atoms with Crippen LogP contribution in [0.3, 0.4) is 0 Å². The number of aliphatic hydroxyl groups is 1. The molecule has 5 nitrogen and oxygen atoms in total. The van der Waals surface area contributed by atoms with Crippen molar-refractivity contribution in [2.45, 2.75) is 50.7 Å². The topological polar surface area (TPSA) is 53.0 Å². The molecule has 5 heteroatoms. The fraction of sp³-hybridized carbons (Fsp3) is 0.591. The van der Waals surface area contributed by atoms with Crippen LogP contribution in [0.5, 0.6) is 5.75 Å². The maximum absolute atomic E-state index is 12.0. The van der Waals surface area contributed by atoms with Gasteiger partial charge >= 0.3 is 0 Å². The van der Waals surface area contributed by atoms with Gasteiger partial charge in [0.05, 0.1) is 7.11 Å². The third-order valence-corrected chi connectivity index (χ3v) is 6.21. The predicted molar refractivity (Wildman–Crippen MR) is 106 cm³/mol. The van der Waals surface area contributed by atoms with E-state index in [9.17, 15) is 9.90 Å². The summed E-state index contributed by atoms with van der Waals surface area (Å²) in [7, 11) is 1.77. The summed E-state index contributed by atoms with van der Waals surface area (Å²) in [6.45, 7) is 4.99. The molecule has 0 radical (unpaired) electrons. The van der Waals surface area contributed by atoms with Gasteiger partial charge in [0.2, 0.25) is 0 Å². The Balaban J connectivity index is 1.41. The van der Waals surface area contributed by atoms with E-state index in [-0.39, 0.29) is 5.91 Å². The molecule has 1 saturated heterocycles. The average molecular weight is 370 g/mol. The number of piperidine rings is 1. The Kier molecular flexibility index (Phi) is 5.24. The molecule has 146 valence electrons. The van der Waals surface area contributed by atoms with Gasteiger partial charge in [-0.25, -0.2) is 0 Å². The maximum Gasteiger partial charge on any atom is 0.251 e. The highest BCUT2D eigenvalue weighted by molar-refractivity contribution is 5.80. The van der Waals surface area contributed by atoms with E-state index >= 15 is 0 Å². The van der Waals surface area contributed by atoms with Crippen molar-refractivity contribution in [3.05, 3.63) is 35.4 Å². The highest BCUT2D eigenvalue weighted by atomic mass is 16.5. The number of carbonyl (C=O) groups excluding carboxylic acids is 1. The third-order valence-electron chi connectivity index (χ3n) is 6.21. The molecular formula is C22H30N2O3. The van der Waals surface area contributed by atoms with E-state index in [0.717, 1.165) is 44.8 Å². The Bertz CT molecular complexity index is 731. The van der Waals surface area contributed by atoms with Gasteiger partial charge in [0.1, 0.15) is 11.9 Å². The average Bonchev–Trinajstić information content (AvgIpc) is 3.42. The molecule has 1 unspecified atom stereocenters. The van der Waals surface area contributed by atoms with Crippen LogP contribution in [-0.2, 0) is 4.79 Å². The fourth-order valence-corrected chi connectivity index (χ4v) is 4.56. The van der Waals surface area contributed by atoms with Crippen LogP contribution in [0.25, 0.3) is 5.57 Å². The number of nitrogens with zero attached hydrogens (tertiary/aromatic N) is 2. The van der Waals surface area contributed by atoms with Crippen LogP contribution < -0.4 is 4.74 Å². The Morgan fingerprint density at radius 1 is 1.22 bits per heavy atom. The molecule has 1 saturated carbocycles. The number of carbonyl (C=O) groups is 1. The Hall–Kier alpha value is -1.85. The third kappa shape index (κ3) is 3.76. The van der Waals surface area contributed by atoms with Crippen LogP contribution in [0.4, 0.5) is 0 Å². The quantitative estimate of drug-likeness (QED) is 0.866. The molecule has 2 aliphatic heterocycles. The SMILES string of the molecule is COc1cccc(C2=CCN(C3CCN(C(=O)C(C)O)CC3)C2)c1C1CC1. The molecule has 1 aromatic carbocycles. The number of hydrogen-bond donors (Lipinski definition) is 1. The summed E-state index contributed by atoms with van der Waals surface area (Å²) in [6.07, 6.45) is 5.96. The van der Waals surface area contributed by atoms with Gasteiger partial charge in [-0.2, -0.15) is 0 Å². The highest BCUT2D eigenvalue weighted by Gasteiger charge is 2.33. The lowest BCUT2D eigenvalue weighted by atomic mass is 9.95. The van der Waals surface area contributed by atoms with Gasteiger partial charge in [0.25, 0.3) is 5.91 Å². The van der Waals surface area contributed by atoms with E-state index in [0.29, 0.717) is 12.0 Å². The van der Waals surface area contributed by atoms with Crippen LogP contribution in [-0.4, -0.2) is 66.2 Å². The summed E-state index contributed by atoms with van der Waals surface area (Å²) >= 11 is 0. The Morgan fingerprint density at radius 3 is 2.59 bits per heavy atom. The highest BCUT2D eigenvalue weighted by Crippen LogP contribution is 2.48. The van der Waals surface area contributed by atoms with Crippen LogP contribution in [0.1, 0.15) is 49.7 Å². The second-order valence-electron chi connectivity index (χ2n) is 8.09. The summed E-state index contributed by atoms with van der Waals surface area (Å²) in [5.41, 5.74) is 4.17. The summed E-state index contributed by atoms with van der Waals surface area (Å²) < 4.78 is 5.64. The van der Waals surface area contributed by atoms with Crippen molar-refractivity contribution in [1.29, 1.82) is 0 Å². The Labute approximate surface area is 161 Å². The van der Waals surface area contributed by atoms with Crippen molar-refractivity contribution in [1.82, 2.24) is 9.80 Å². The van der Waals surface area contributed by atoms with E-state index in [1.165, 1.54) is 29.5 Å². The van der Waals surface area contributed by atoms with Crippen LogP contribution in [0.2, 0.25) is 0 Å². The predicted octanol–water partition coefficient (Wildman–Crippen LogP) is 2.64. The zero-order valence-electron chi connectivity index (χ0n) is 16.4. The van der Waals surface area contributed by atoms with Gasteiger partial charge in [-0.05, 0) is 55.7 Å². The number of amides is 1. The zero-order valence-corrected chi connectivity index (χ0v) is 16.4. The first-order chi connectivity index (χ1) is 13.1. The first kappa shape index (κ1) is 18.5. The molecular weight excluding hydrogens is 340 g/mol. The van der Waals surface area contributed by atoms with Gasteiger partial charge in [-0.3, -0.25) is 9.69 Å². The molecule has 4 rings (SSSR count). The molecule has 1 amide bonds. The number of hydrogen-bond acceptors (Lipinski definition) is 4. The number of benzene rings is 1. The summed E-state index contributed by atoms with van der Waals surface area (Å²) in [5, 5.41) is 9.51. The molecule has 0 spiro atoms. The van der Waals surface area contributed by atoms with Gasteiger partial charge in [-0.1, -0.05) is 18.2 Å². The lowest BCUT2D eigenvalue weighted by Gasteiger charge is -2.37. The van der Waals surface area contributed by atoms with E-state index in [4.69, 9.17) is 4.74 Å². The van der Waals surface area contributed by atoms with Crippen molar-refractivity contribution in [2.24, 2.45) is 0 Å². The second-order valence-corrected chi connectivity index (χ2v) is 8.09. The number of likely N-dealkylation sites (tertiary alicyclic amines) is 1. The van der Waals surface area contributed by atoms with Crippen molar-refractivity contribution in [2.75, 3.05) is 33.3 Å². The van der Waals surface area contributed by atoms with E-state index in [1.807, 2.05) is 0 Å². The molecule has 27 heavy (non-hydrogen) atoms. The molecule has 0 bridgehead atoms. The summed E-state index contributed by atoms with van der Waals surface area (Å²) in [5.74, 6) is 1.54. The molecule has 1 atom stereocenters. The molecule has 2 fully saturated rings. The van der Waals surface area contributed by atoms with Crippen LogP contribution in [0.15, 0.2) is 24.3 Å². The molecule has 2 heterocycles. The maximum atomic E-state index is 12.0. The number of ether oxygens (including phenoxy) is 1. The monoisotopic (exact) mass is 370 g/mol. The first-order valence-electron chi connectivity index (χ1n) is 10.2. The van der Waals surface area contributed by atoms with E-state index < -0.39 is 6.10 Å². The Morgan fingerprint density at radius 2 is 1.96 bits per heavy atom. The number of rotatable bonds is 5. The van der Waals surface area contributed by atoms with Crippen molar-refractivity contribution < 1.29 is 14.6 Å². The van der Waals surface area contributed by atoms with Crippen molar-refractivity contribution in [3.63, 3.8) is 0 Å². The summed E-state index contributed by atoms with van der Waals surface area (Å²) in [6, 6.07) is 6.94. The minimum absolute atomic E-state index is 0.140. The van der Waals surface area contributed by atoms with Gasteiger partial charge in [0, 0.05) is 37.8 Å². The smallest absolute Gasteiger partial charge is 0.251 e. The summed E-state index contributed by atoms with van der Waals surface area (Å²) in [4.78, 5) is 16.3. The molecule has 3 aliphatic rings. The lowest BCUT2D eigenvalue weighted by Crippen LogP contribution is -2.48. The minimum Gasteiger partial charge on any atom is -0.496 e. The molecule has 1 aromatic rings. The van der Waals surface area contributed by atoms with Crippen LogP contribution in [0, 0.1) is 0 Å². The number of methoxy groups -OCH3 is 1. The minimum atomic E-state index is -0.893. The number of aliphatic hydroxyl groups excluding tert-OH is 1. The largest absolute Gasteiger partial charge is 0.496 e.